The van der Waals surface area contributed by atoms with E-state index in [9.17, 15) is 10.1 Å². The lowest BCUT2D eigenvalue weighted by molar-refractivity contribution is 0.0946. The van der Waals surface area contributed by atoms with Crippen molar-refractivity contribution in [2.75, 3.05) is 13.7 Å². The molecule has 0 spiro atoms. The second-order valence-electron chi connectivity index (χ2n) is 4.49. The lowest BCUT2D eigenvalue weighted by Gasteiger charge is -2.13. The summed E-state index contributed by atoms with van der Waals surface area (Å²) >= 11 is 0. The Morgan fingerprint density at radius 1 is 1.38 bits per heavy atom. The molecule has 0 radical (unpaired) electrons. The van der Waals surface area contributed by atoms with Crippen molar-refractivity contribution in [3.8, 4) is 17.5 Å². The molecule has 108 valence electrons. The van der Waals surface area contributed by atoms with E-state index < -0.39 is 0 Å². The Hall–Kier alpha value is -2.74. The van der Waals surface area contributed by atoms with Gasteiger partial charge in [0.1, 0.15) is 17.5 Å². The van der Waals surface area contributed by atoms with E-state index in [4.69, 9.17) is 4.74 Å². The minimum absolute atomic E-state index is 0.260. The van der Waals surface area contributed by atoms with Crippen LogP contribution in [0.25, 0.3) is 5.69 Å². The number of benzene rings is 1. The van der Waals surface area contributed by atoms with Crippen molar-refractivity contribution in [2.45, 2.75) is 13.3 Å². The first kappa shape index (κ1) is 14.7. The van der Waals surface area contributed by atoms with E-state index in [1.54, 1.807) is 23.9 Å². The van der Waals surface area contributed by atoms with E-state index in [-0.39, 0.29) is 5.91 Å². The van der Waals surface area contributed by atoms with E-state index >= 15 is 0 Å². The van der Waals surface area contributed by atoms with E-state index in [1.807, 2.05) is 31.2 Å². The Morgan fingerprint density at radius 3 is 2.81 bits per heavy atom. The number of ether oxygens (including phenoxy) is 1. The first-order valence-electron chi connectivity index (χ1n) is 6.76. The first-order chi connectivity index (χ1) is 10.2. The molecule has 0 fully saturated rings. The lowest BCUT2D eigenvalue weighted by atomic mass is 10.2. The fraction of sp³-hybridized carbons (Fsp3) is 0.250. The van der Waals surface area contributed by atoms with Crippen molar-refractivity contribution < 1.29 is 9.53 Å². The number of para-hydroxylation sites is 2. The first-order valence-corrected chi connectivity index (χ1v) is 6.76. The van der Waals surface area contributed by atoms with E-state index in [0.717, 1.165) is 12.1 Å². The Kier molecular flexibility index (Phi) is 4.62. The molecule has 0 unspecified atom stereocenters. The molecule has 2 rings (SSSR count). The van der Waals surface area contributed by atoms with Gasteiger partial charge in [0, 0.05) is 12.7 Å². The number of nitrogens with zero attached hydrogens (tertiary/aromatic N) is 2. The van der Waals surface area contributed by atoms with Crippen molar-refractivity contribution in [1.29, 1.82) is 5.26 Å². The number of carbonyl (C=O) groups excluding carboxylic acids is 1. The van der Waals surface area contributed by atoms with Crippen LogP contribution in [0.2, 0.25) is 0 Å². The summed E-state index contributed by atoms with van der Waals surface area (Å²) in [4.78, 5) is 12.3. The molecule has 5 nitrogen and oxygen atoms in total. The second-order valence-corrected chi connectivity index (χ2v) is 4.49. The number of carbonyl (C=O) groups is 1. The number of amides is 1. The molecule has 0 saturated carbocycles. The second kappa shape index (κ2) is 6.62. The van der Waals surface area contributed by atoms with Crippen LogP contribution in [0.1, 0.15) is 29.4 Å². The van der Waals surface area contributed by atoms with Crippen LogP contribution in [0, 0.1) is 11.3 Å². The van der Waals surface area contributed by atoms with Gasteiger partial charge in [-0.1, -0.05) is 19.1 Å². The number of nitrogens with one attached hydrogen (secondary N) is 1. The van der Waals surface area contributed by atoms with Crippen LogP contribution in [0.15, 0.2) is 36.5 Å². The summed E-state index contributed by atoms with van der Waals surface area (Å²) < 4.78 is 7.01. The number of aromatic nitrogens is 1. The largest absolute Gasteiger partial charge is 0.495 e. The van der Waals surface area contributed by atoms with Crippen molar-refractivity contribution >= 4 is 5.91 Å². The smallest absolute Gasteiger partial charge is 0.269 e. The van der Waals surface area contributed by atoms with Crippen LogP contribution < -0.4 is 10.1 Å². The van der Waals surface area contributed by atoms with Gasteiger partial charge in [0.25, 0.3) is 5.91 Å². The van der Waals surface area contributed by atoms with Crippen LogP contribution in [-0.2, 0) is 0 Å². The number of rotatable bonds is 5. The van der Waals surface area contributed by atoms with Crippen molar-refractivity contribution in [1.82, 2.24) is 9.88 Å². The van der Waals surface area contributed by atoms with Gasteiger partial charge in [-0.3, -0.25) is 4.79 Å². The summed E-state index contributed by atoms with van der Waals surface area (Å²) in [6.07, 6.45) is 2.54. The molecule has 1 aromatic carbocycles. The minimum Gasteiger partial charge on any atom is -0.495 e. The summed E-state index contributed by atoms with van der Waals surface area (Å²) in [6.45, 7) is 2.55. The van der Waals surface area contributed by atoms with Gasteiger partial charge in [-0.25, -0.2) is 0 Å². The van der Waals surface area contributed by atoms with Gasteiger partial charge in [0.2, 0.25) is 0 Å². The van der Waals surface area contributed by atoms with Gasteiger partial charge in [-0.05, 0) is 24.6 Å². The summed E-state index contributed by atoms with van der Waals surface area (Å²) in [5, 5.41) is 12.0. The zero-order valence-electron chi connectivity index (χ0n) is 12.1. The molecule has 0 aliphatic rings. The standard InChI is InChI=1S/C16H17N3O2/c1-3-9-18-16(20)15-12(11-17)8-10-19(15)13-6-4-5-7-14(13)21-2/h4-8,10H,3,9H2,1-2H3,(H,18,20). The molecule has 0 bridgehead atoms. The van der Waals surface area contributed by atoms with Crippen LogP contribution in [0.3, 0.4) is 0 Å². The molecule has 1 amide bonds. The fourth-order valence-corrected chi connectivity index (χ4v) is 2.11. The Morgan fingerprint density at radius 2 is 2.14 bits per heavy atom. The van der Waals surface area contributed by atoms with Crippen molar-refractivity contribution in [3.63, 3.8) is 0 Å². The highest BCUT2D eigenvalue weighted by molar-refractivity contribution is 5.96. The topological polar surface area (TPSA) is 67.0 Å². The molecule has 0 aliphatic heterocycles. The zero-order valence-corrected chi connectivity index (χ0v) is 12.1. The molecule has 1 aromatic heterocycles. The van der Waals surface area contributed by atoms with Gasteiger partial charge in [-0.2, -0.15) is 5.26 Å². The van der Waals surface area contributed by atoms with Crippen LogP contribution in [0.4, 0.5) is 0 Å². The highest BCUT2D eigenvalue weighted by Gasteiger charge is 2.19. The average Bonchev–Trinajstić information content (AvgIpc) is 2.96. The highest BCUT2D eigenvalue weighted by atomic mass is 16.5. The third-order valence-corrected chi connectivity index (χ3v) is 3.10. The monoisotopic (exact) mass is 283 g/mol. The molecule has 0 saturated heterocycles. The summed E-state index contributed by atoms with van der Waals surface area (Å²) in [5.74, 6) is 0.381. The zero-order chi connectivity index (χ0) is 15.2. The molecule has 2 aromatic rings. The predicted octanol–water partition coefficient (Wildman–Crippen LogP) is 2.50. The van der Waals surface area contributed by atoms with E-state index in [2.05, 4.69) is 11.4 Å². The van der Waals surface area contributed by atoms with Gasteiger partial charge in [0.15, 0.2) is 0 Å². The molecule has 5 heteroatoms. The molecule has 1 N–H and O–H groups in total. The van der Waals surface area contributed by atoms with Gasteiger partial charge >= 0.3 is 0 Å². The molecular formula is C16H17N3O2. The molecule has 1 heterocycles. The van der Waals surface area contributed by atoms with E-state index in [0.29, 0.717) is 23.6 Å². The van der Waals surface area contributed by atoms with Crippen LogP contribution >= 0.6 is 0 Å². The molecule has 0 atom stereocenters. The molecular weight excluding hydrogens is 266 g/mol. The maximum absolute atomic E-state index is 12.3. The number of methoxy groups -OCH3 is 1. The highest BCUT2D eigenvalue weighted by Crippen LogP contribution is 2.25. The number of hydrogen-bond acceptors (Lipinski definition) is 3. The normalized spacial score (nSPS) is 9.95. The van der Waals surface area contributed by atoms with Crippen molar-refractivity contribution in [2.24, 2.45) is 0 Å². The van der Waals surface area contributed by atoms with Crippen LogP contribution in [0.5, 0.6) is 5.75 Å². The lowest BCUT2D eigenvalue weighted by Crippen LogP contribution is -2.27. The molecule has 21 heavy (non-hydrogen) atoms. The third kappa shape index (κ3) is 2.90. The Balaban J connectivity index is 2.52. The minimum atomic E-state index is -0.260. The number of hydrogen-bond donors (Lipinski definition) is 1. The Bertz CT molecular complexity index is 683. The fourth-order valence-electron chi connectivity index (χ4n) is 2.11. The third-order valence-electron chi connectivity index (χ3n) is 3.10. The maximum atomic E-state index is 12.3. The number of nitriles is 1. The molecule has 0 aliphatic carbocycles. The SMILES string of the molecule is CCCNC(=O)c1c(C#N)ccn1-c1ccccc1OC. The quantitative estimate of drug-likeness (QED) is 0.916. The van der Waals surface area contributed by atoms with Gasteiger partial charge < -0.3 is 14.6 Å². The predicted molar refractivity (Wildman–Crippen MR) is 79.7 cm³/mol. The van der Waals surface area contributed by atoms with E-state index in [1.165, 1.54) is 0 Å². The van der Waals surface area contributed by atoms with Gasteiger partial charge in [-0.15, -0.1) is 0 Å². The van der Waals surface area contributed by atoms with Gasteiger partial charge in [0.05, 0.1) is 18.4 Å². The summed E-state index contributed by atoms with van der Waals surface area (Å²) in [5.41, 5.74) is 1.40. The van der Waals surface area contributed by atoms with Crippen LogP contribution in [-0.4, -0.2) is 24.1 Å². The maximum Gasteiger partial charge on any atom is 0.269 e. The van der Waals surface area contributed by atoms with Crippen molar-refractivity contribution in [3.05, 3.63) is 47.8 Å². The summed E-state index contributed by atoms with van der Waals surface area (Å²) in [7, 11) is 1.57. The average molecular weight is 283 g/mol. The summed E-state index contributed by atoms with van der Waals surface area (Å²) in [6, 6.07) is 11.1. The Labute approximate surface area is 123 Å².